The van der Waals surface area contributed by atoms with E-state index < -0.39 is 10.4 Å². The number of hydrogen-bond acceptors (Lipinski definition) is 4. The molecule has 0 unspecified atom stereocenters. The SMILES string of the molecule is CCCCCCCCCCCCOCCOS(=O)(=O)O.[Na+]. The Balaban J connectivity index is 0. The van der Waals surface area contributed by atoms with Gasteiger partial charge in [-0.1, -0.05) is 64.7 Å². The van der Waals surface area contributed by atoms with Gasteiger partial charge in [0.15, 0.2) is 0 Å². The predicted molar refractivity (Wildman–Crippen MR) is 80.2 cm³/mol. The van der Waals surface area contributed by atoms with E-state index in [2.05, 4.69) is 11.1 Å². The molecule has 1 N–H and O–H groups in total. The van der Waals surface area contributed by atoms with Crippen LogP contribution in [0, 0.1) is 0 Å². The van der Waals surface area contributed by atoms with E-state index in [9.17, 15) is 8.42 Å². The number of ether oxygens (including phenoxy) is 1. The second-order valence-corrected chi connectivity index (χ2v) is 6.14. The van der Waals surface area contributed by atoms with Crippen molar-refractivity contribution in [3.05, 3.63) is 0 Å². The second-order valence-electron chi connectivity index (χ2n) is 5.04. The molecule has 0 saturated heterocycles. The van der Waals surface area contributed by atoms with Crippen molar-refractivity contribution in [2.45, 2.75) is 71.1 Å². The van der Waals surface area contributed by atoms with Crippen LogP contribution in [0.15, 0.2) is 0 Å². The van der Waals surface area contributed by atoms with Crippen LogP contribution in [-0.4, -0.2) is 32.8 Å². The van der Waals surface area contributed by atoms with Crippen molar-refractivity contribution >= 4 is 10.4 Å². The van der Waals surface area contributed by atoms with Gasteiger partial charge in [0.25, 0.3) is 0 Å². The van der Waals surface area contributed by atoms with E-state index >= 15 is 0 Å². The van der Waals surface area contributed by atoms with E-state index in [1.54, 1.807) is 0 Å². The molecule has 0 aromatic carbocycles. The summed E-state index contributed by atoms with van der Waals surface area (Å²) in [5.74, 6) is 0. The third-order valence-corrected chi connectivity index (χ3v) is 3.57. The van der Waals surface area contributed by atoms with Crippen molar-refractivity contribution in [3.8, 4) is 0 Å². The molecule has 21 heavy (non-hydrogen) atoms. The van der Waals surface area contributed by atoms with Gasteiger partial charge in [0.05, 0.1) is 13.2 Å². The van der Waals surface area contributed by atoms with Crippen LogP contribution in [0.25, 0.3) is 0 Å². The molecule has 0 atom stereocenters. The minimum Gasteiger partial charge on any atom is -0.379 e. The van der Waals surface area contributed by atoms with Crippen LogP contribution in [0.2, 0.25) is 0 Å². The molecule has 7 heteroatoms. The standard InChI is InChI=1S/C14H30O5S.Na/c1-2-3-4-5-6-7-8-9-10-11-12-18-13-14-19-20(15,16)17;/h2-14H2,1H3,(H,15,16,17);/q;+1. The quantitative estimate of drug-likeness (QED) is 0.272. The Bertz CT molecular complexity index is 296. The van der Waals surface area contributed by atoms with Crippen molar-refractivity contribution in [1.82, 2.24) is 0 Å². The van der Waals surface area contributed by atoms with E-state index in [0.29, 0.717) is 6.61 Å². The van der Waals surface area contributed by atoms with Gasteiger partial charge < -0.3 is 4.74 Å². The Morgan fingerprint density at radius 1 is 0.762 bits per heavy atom. The summed E-state index contributed by atoms with van der Waals surface area (Å²) < 4.78 is 38.1. The maximum Gasteiger partial charge on any atom is 1.00 e. The molecule has 0 amide bonds. The van der Waals surface area contributed by atoms with Gasteiger partial charge in [0.2, 0.25) is 0 Å². The summed E-state index contributed by atoms with van der Waals surface area (Å²) in [4.78, 5) is 0. The molecule has 0 spiro atoms. The third-order valence-electron chi connectivity index (χ3n) is 3.10. The van der Waals surface area contributed by atoms with Gasteiger partial charge in [-0.25, -0.2) is 4.18 Å². The zero-order valence-corrected chi connectivity index (χ0v) is 16.5. The first-order chi connectivity index (χ1) is 9.56. The van der Waals surface area contributed by atoms with Gasteiger partial charge in [-0.05, 0) is 6.42 Å². The molecule has 0 saturated carbocycles. The summed E-state index contributed by atoms with van der Waals surface area (Å²) in [6.45, 7) is 2.91. The van der Waals surface area contributed by atoms with E-state index in [4.69, 9.17) is 9.29 Å². The van der Waals surface area contributed by atoms with Crippen LogP contribution >= 0.6 is 0 Å². The zero-order chi connectivity index (χ0) is 15.1. The molecule has 5 nitrogen and oxygen atoms in total. The van der Waals surface area contributed by atoms with E-state index in [0.717, 1.165) is 12.8 Å². The molecule has 122 valence electrons. The van der Waals surface area contributed by atoms with Gasteiger partial charge in [-0.3, -0.25) is 4.55 Å². The average molecular weight is 333 g/mol. The molecule has 0 fully saturated rings. The molecule has 0 aliphatic rings. The molecule has 0 aromatic heterocycles. The van der Waals surface area contributed by atoms with E-state index in [1.807, 2.05) is 0 Å². The van der Waals surface area contributed by atoms with Crippen molar-refractivity contribution in [2.24, 2.45) is 0 Å². The second kappa shape index (κ2) is 17.2. The van der Waals surface area contributed by atoms with Crippen molar-refractivity contribution in [2.75, 3.05) is 19.8 Å². The fraction of sp³-hybridized carbons (Fsp3) is 1.00. The Morgan fingerprint density at radius 2 is 1.24 bits per heavy atom. The summed E-state index contributed by atoms with van der Waals surface area (Å²) in [7, 11) is -4.32. The molecular formula is C14H30NaO5S+. The Labute approximate surface area is 152 Å². The van der Waals surface area contributed by atoms with Crippen LogP contribution < -0.4 is 29.6 Å². The molecule has 0 bridgehead atoms. The van der Waals surface area contributed by atoms with Gasteiger partial charge in [0.1, 0.15) is 0 Å². The minimum atomic E-state index is -4.32. The molecule has 0 rings (SSSR count). The first-order valence-corrected chi connectivity index (χ1v) is 9.12. The molecule has 0 radical (unpaired) electrons. The summed E-state index contributed by atoms with van der Waals surface area (Å²) in [6, 6.07) is 0. The smallest absolute Gasteiger partial charge is 0.379 e. The molecule has 0 aliphatic carbocycles. The summed E-state index contributed by atoms with van der Waals surface area (Å²) in [6.07, 6.45) is 12.7. The molecular weight excluding hydrogens is 303 g/mol. The normalized spacial score (nSPS) is 11.3. The Hall–Kier alpha value is 0.830. The third kappa shape index (κ3) is 23.2. The zero-order valence-electron chi connectivity index (χ0n) is 13.7. The molecule has 0 aromatic rings. The first kappa shape index (κ1) is 24.1. The van der Waals surface area contributed by atoms with E-state index in [-0.39, 0.29) is 42.8 Å². The summed E-state index contributed by atoms with van der Waals surface area (Å²) >= 11 is 0. The van der Waals surface area contributed by atoms with Crippen LogP contribution in [0.1, 0.15) is 71.1 Å². The van der Waals surface area contributed by atoms with Gasteiger partial charge in [0, 0.05) is 6.61 Å². The van der Waals surface area contributed by atoms with Crippen LogP contribution in [0.3, 0.4) is 0 Å². The van der Waals surface area contributed by atoms with Crippen LogP contribution in [0.4, 0.5) is 0 Å². The largest absolute Gasteiger partial charge is 1.00 e. The van der Waals surface area contributed by atoms with Crippen molar-refractivity contribution < 1.29 is 51.4 Å². The van der Waals surface area contributed by atoms with Crippen molar-refractivity contribution in [3.63, 3.8) is 0 Å². The first-order valence-electron chi connectivity index (χ1n) is 7.76. The Kier molecular flexibility index (Phi) is 19.7. The number of rotatable bonds is 15. The monoisotopic (exact) mass is 333 g/mol. The van der Waals surface area contributed by atoms with Crippen molar-refractivity contribution in [1.29, 1.82) is 0 Å². The molecule has 0 heterocycles. The predicted octanol–water partition coefficient (Wildman–Crippen LogP) is 0.747. The van der Waals surface area contributed by atoms with Crippen LogP contribution in [0.5, 0.6) is 0 Å². The fourth-order valence-corrected chi connectivity index (χ4v) is 2.27. The topological polar surface area (TPSA) is 72.8 Å². The Morgan fingerprint density at radius 3 is 1.71 bits per heavy atom. The summed E-state index contributed by atoms with van der Waals surface area (Å²) in [5.41, 5.74) is 0. The number of unbranched alkanes of at least 4 members (excludes halogenated alkanes) is 9. The fourth-order valence-electron chi connectivity index (χ4n) is 1.99. The average Bonchev–Trinajstić information content (AvgIpc) is 2.38. The minimum absolute atomic E-state index is 0. The van der Waals surface area contributed by atoms with E-state index in [1.165, 1.54) is 51.4 Å². The molecule has 0 aliphatic heterocycles. The van der Waals surface area contributed by atoms with Gasteiger partial charge in [-0.15, -0.1) is 0 Å². The number of hydrogen-bond donors (Lipinski definition) is 1. The summed E-state index contributed by atoms with van der Waals surface area (Å²) in [5, 5.41) is 0. The van der Waals surface area contributed by atoms with Gasteiger partial charge in [-0.2, -0.15) is 8.42 Å². The maximum absolute atomic E-state index is 10.2. The van der Waals surface area contributed by atoms with Crippen LogP contribution in [-0.2, 0) is 19.3 Å². The maximum atomic E-state index is 10.2. The van der Waals surface area contributed by atoms with Gasteiger partial charge >= 0.3 is 40.0 Å².